The predicted molar refractivity (Wildman–Crippen MR) is 92.2 cm³/mol. The summed E-state index contributed by atoms with van der Waals surface area (Å²) in [6, 6.07) is 8.63. The van der Waals surface area contributed by atoms with Gasteiger partial charge in [-0.05, 0) is 30.9 Å². The minimum Gasteiger partial charge on any atom is -0.385 e. The van der Waals surface area contributed by atoms with E-state index in [2.05, 4.69) is 45.3 Å². The summed E-state index contributed by atoms with van der Waals surface area (Å²) in [4.78, 5) is 4.54. The highest BCUT2D eigenvalue weighted by Gasteiger charge is 2.12. The number of nitrogens with one attached hydrogen (secondary N) is 2. The van der Waals surface area contributed by atoms with Gasteiger partial charge in [0.1, 0.15) is 0 Å². The molecule has 0 spiro atoms. The molecule has 1 heterocycles. The fraction of sp³-hybridized carbons (Fsp3) is 0.471. The second kappa shape index (κ2) is 6.94. The van der Waals surface area contributed by atoms with Crippen LogP contribution >= 0.6 is 11.3 Å². The molecule has 1 saturated carbocycles. The first-order valence-electron chi connectivity index (χ1n) is 7.83. The summed E-state index contributed by atoms with van der Waals surface area (Å²) in [7, 11) is 1.90. The molecule has 0 bridgehead atoms. The summed E-state index contributed by atoms with van der Waals surface area (Å²) in [5, 5.41) is 9.72. The monoisotopic (exact) mass is 301 g/mol. The fourth-order valence-corrected chi connectivity index (χ4v) is 3.61. The van der Waals surface area contributed by atoms with E-state index >= 15 is 0 Å². The topological polar surface area (TPSA) is 37.0 Å². The Kier molecular flexibility index (Phi) is 4.76. The minimum absolute atomic E-state index is 0.857. The van der Waals surface area contributed by atoms with E-state index in [1.165, 1.54) is 43.4 Å². The quantitative estimate of drug-likeness (QED) is 0.829. The highest BCUT2D eigenvalue weighted by molar-refractivity contribution is 7.14. The Morgan fingerprint density at radius 3 is 2.57 bits per heavy atom. The maximum absolute atomic E-state index is 4.54. The zero-order valence-corrected chi connectivity index (χ0v) is 13.4. The number of aromatic nitrogens is 1. The molecule has 3 rings (SSSR count). The maximum atomic E-state index is 4.54. The van der Waals surface area contributed by atoms with Gasteiger partial charge in [0.15, 0.2) is 5.13 Å². The van der Waals surface area contributed by atoms with Crippen molar-refractivity contribution in [3.05, 3.63) is 29.6 Å². The molecule has 0 amide bonds. The van der Waals surface area contributed by atoms with Gasteiger partial charge in [0, 0.05) is 30.2 Å². The lowest BCUT2D eigenvalue weighted by atomic mass is 9.89. The Bertz CT molecular complexity index is 556. The van der Waals surface area contributed by atoms with Crippen molar-refractivity contribution in [1.29, 1.82) is 0 Å². The number of benzene rings is 1. The van der Waals surface area contributed by atoms with Crippen LogP contribution in [0, 0.1) is 5.92 Å². The minimum atomic E-state index is 0.857. The van der Waals surface area contributed by atoms with Crippen LogP contribution in [0.25, 0.3) is 11.3 Å². The van der Waals surface area contributed by atoms with Crippen LogP contribution in [0.2, 0.25) is 0 Å². The van der Waals surface area contributed by atoms with E-state index in [0.717, 1.165) is 23.3 Å². The van der Waals surface area contributed by atoms with Gasteiger partial charge in [0.25, 0.3) is 0 Å². The molecule has 0 aliphatic heterocycles. The summed E-state index contributed by atoms with van der Waals surface area (Å²) in [5.74, 6) is 0.857. The van der Waals surface area contributed by atoms with E-state index < -0.39 is 0 Å². The van der Waals surface area contributed by atoms with Gasteiger partial charge in [0.05, 0.1) is 5.69 Å². The van der Waals surface area contributed by atoms with Gasteiger partial charge < -0.3 is 10.6 Å². The van der Waals surface area contributed by atoms with E-state index in [1.54, 1.807) is 11.3 Å². The lowest BCUT2D eigenvalue weighted by Crippen LogP contribution is -2.16. The van der Waals surface area contributed by atoms with Crippen LogP contribution in [0.5, 0.6) is 0 Å². The summed E-state index contributed by atoms with van der Waals surface area (Å²) in [5.41, 5.74) is 3.44. The van der Waals surface area contributed by atoms with Crippen molar-refractivity contribution >= 4 is 22.2 Å². The van der Waals surface area contributed by atoms with Crippen LogP contribution in [-0.2, 0) is 0 Å². The first kappa shape index (κ1) is 14.4. The molecule has 4 heteroatoms. The molecular weight excluding hydrogens is 278 g/mol. The Labute approximate surface area is 130 Å². The van der Waals surface area contributed by atoms with Gasteiger partial charge >= 0.3 is 0 Å². The largest absolute Gasteiger partial charge is 0.385 e. The molecule has 21 heavy (non-hydrogen) atoms. The van der Waals surface area contributed by atoms with Crippen LogP contribution in [0.4, 0.5) is 10.8 Å². The lowest BCUT2D eigenvalue weighted by Gasteiger charge is -2.22. The lowest BCUT2D eigenvalue weighted by molar-refractivity contribution is 0.373. The number of nitrogens with zero attached hydrogens (tertiary/aromatic N) is 1. The summed E-state index contributed by atoms with van der Waals surface area (Å²) in [6.45, 7) is 1.11. The number of anilines is 2. The molecule has 1 aliphatic carbocycles. The molecule has 1 fully saturated rings. The maximum Gasteiger partial charge on any atom is 0.182 e. The zero-order chi connectivity index (χ0) is 14.5. The SMILES string of the molecule is CNc1nc(-c2ccc(NCC3CCCCC3)cc2)cs1. The third-order valence-corrected chi connectivity index (χ3v) is 5.08. The average molecular weight is 301 g/mol. The molecule has 0 unspecified atom stereocenters. The highest BCUT2D eigenvalue weighted by atomic mass is 32.1. The number of hydrogen-bond donors (Lipinski definition) is 2. The van der Waals surface area contributed by atoms with Crippen LogP contribution in [-0.4, -0.2) is 18.6 Å². The second-order valence-electron chi connectivity index (χ2n) is 5.75. The summed E-state index contributed by atoms with van der Waals surface area (Å²) in [6.07, 6.45) is 7.01. The van der Waals surface area contributed by atoms with Crippen molar-refractivity contribution in [2.45, 2.75) is 32.1 Å². The molecule has 0 radical (unpaired) electrons. The van der Waals surface area contributed by atoms with E-state index in [-0.39, 0.29) is 0 Å². The van der Waals surface area contributed by atoms with Crippen LogP contribution in [0.3, 0.4) is 0 Å². The van der Waals surface area contributed by atoms with E-state index in [9.17, 15) is 0 Å². The van der Waals surface area contributed by atoms with Gasteiger partial charge in [-0.15, -0.1) is 11.3 Å². The fourth-order valence-electron chi connectivity index (χ4n) is 2.93. The zero-order valence-electron chi connectivity index (χ0n) is 12.6. The van der Waals surface area contributed by atoms with Gasteiger partial charge in [-0.2, -0.15) is 0 Å². The van der Waals surface area contributed by atoms with Gasteiger partial charge in [-0.1, -0.05) is 31.4 Å². The van der Waals surface area contributed by atoms with E-state index in [1.807, 2.05) is 7.05 Å². The van der Waals surface area contributed by atoms with Crippen LogP contribution in [0.15, 0.2) is 29.6 Å². The van der Waals surface area contributed by atoms with Crippen LogP contribution < -0.4 is 10.6 Å². The molecule has 1 aromatic carbocycles. The molecule has 1 aromatic heterocycles. The van der Waals surface area contributed by atoms with E-state index in [4.69, 9.17) is 0 Å². The standard InChI is InChI=1S/C17H23N3S/c1-18-17-20-16(12-21-17)14-7-9-15(10-8-14)19-11-13-5-3-2-4-6-13/h7-10,12-13,19H,2-6,11H2,1H3,(H,18,20). The first-order chi connectivity index (χ1) is 10.3. The Balaban J connectivity index is 1.58. The molecule has 1 aliphatic rings. The Hall–Kier alpha value is -1.55. The van der Waals surface area contributed by atoms with Crippen molar-refractivity contribution < 1.29 is 0 Å². The van der Waals surface area contributed by atoms with Crippen molar-refractivity contribution in [1.82, 2.24) is 4.98 Å². The van der Waals surface area contributed by atoms with Gasteiger partial charge in [-0.3, -0.25) is 0 Å². The average Bonchev–Trinajstić information content (AvgIpc) is 3.03. The normalized spacial score (nSPS) is 15.9. The van der Waals surface area contributed by atoms with Gasteiger partial charge in [-0.25, -0.2) is 4.98 Å². The Morgan fingerprint density at radius 2 is 1.90 bits per heavy atom. The Morgan fingerprint density at radius 1 is 1.14 bits per heavy atom. The first-order valence-corrected chi connectivity index (χ1v) is 8.71. The third kappa shape index (κ3) is 3.76. The van der Waals surface area contributed by atoms with Crippen molar-refractivity contribution in [2.75, 3.05) is 24.2 Å². The second-order valence-corrected chi connectivity index (χ2v) is 6.61. The molecule has 0 saturated heterocycles. The molecular formula is C17H23N3S. The van der Waals surface area contributed by atoms with Crippen molar-refractivity contribution in [3.63, 3.8) is 0 Å². The van der Waals surface area contributed by atoms with Crippen LogP contribution in [0.1, 0.15) is 32.1 Å². The number of thiazole rings is 1. The highest BCUT2D eigenvalue weighted by Crippen LogP contribution is 2.27. The van der Waals surface area contributed by atoms with E-state index in [0.29, 0.717) is 0 Å². The molecule has 3 nitrogen and oxygen atoms in total. The summed E-state index contributed by atoms with van der Waals surface area (Å²) >= 11 is 1.64. The molecule has 0 atom stereocenters. The predicted octanol–water partition coefficient (Wildman–Crippen LogP) is 4.84. The van der Waals surface area contributed by atoms with Gasteiger partial charge in [0.2, 0.25) is 0 Å². The summed E-state index contributed by atoms with van der Waals surface area (Å²) < 4.78 is 0. The molecule has 2 aromatic rings. The third-order valence-electron chi connectivity index (χ3n) is 4.22. The van der Waals surface area contributed by atoms with Crippen molar-refractivity contribution in [3.8, 4) is 11.3 Å². The number of rotatable bonds is 5. The van der Waals surface area contributed by atoms with Crippen molar-refractivity contribution in [2.24, 2.45) is 5.92 Å². The number of hydrogen-bond acceptors (Lipinski definition) is 4. The smallest absolute Gasteiger partial charge is 0.182 e. The molecule has 112 valence electrons. The molecule has 2 N–H and O–H groups in total.